The molecule has 0 saturated heterocycles. The Morgan fingerprint density at radius 2 is 1.83 bits per heavy atom. The summed E-state index contributed by atoms with van der Waals surface area (Å²) in [6.07, 6.45) is 2.32. The van der Waals surface area contributed by atoms with Gasteiger partial charge < -0.3 is 25.6 Å². The van der Waals surface area contributed by atoms with Crippen molar-refractivity contribution in [3.8, 4) is 10.6 Å². The smallest absolute Gasteiger partial charge is 0.224 e. The van der Waals surface area contributed by atoms with Gasteiger partial charge in [-0.15, -0.1) is 11.3 Å². The van der Waals surface area contributed by atoms with Crippen molar-refractivity contribution in [2.24, 2.45) is 5.92 Å². The second-order valence-electron chi connectivity index (χ2n) is 9.93. The number of aromatic nitrogens is 5. The average molecular weight is 600 g/mol. The van der Waals surface area contributed by atoms with E-state index in [4.69, 9.17) is 14.7 Å². The van der Waals surface area contributed by atoms with E-state index in [-0.39, 0.29) is 17.1 Å². The maximum Gasteiger partial charge on any atom is 0.224 e. The molecule has 1 fully saturated rings. The molecule has 14 heteroatoms. The minimum atomic E-state index is -3.70. The highest BCUT2D eigenvalue weighted by atomic mass is 32.2. The number of pyridine rings is 2. The number of anilines is 2. The second kappa shape index (κ2) is 12.3. The van der Waals surface area contributed by atoms with Gasteiger partial charge in [0.25, 0.3) is 0 Å². The van der Waals surface area contributed by atoms with E-state index >= 15 is 0 Å². The standard InChI is InChI=1S/C27H33N7O5S2/c1-4-39-12-11-30-27-31-15(2)21(26-33-22-16(3)29-10-7-20(22)40-26)25(34-27)32-19-13-17(23(35)24(19)36)14-41(37,38)18-5-8-28-9-6-18/h5-10,17,19,23-24,35-36H,4,11-14H2,1-3H3,(H2,30,31,32,34)/t17-,19-,23-,24+/m1/s1. The van der Waals surface area contributed by atoms with Gasteiger partial charge in [0.2, 0.25) is 5.95 Å². The van der Waals surface area contributed by atoms with Crippen LogP contribution in [0.15, 0.2) is 41.7 Å². The molecule has 4 heterocycles. The molecule has 0 unspecified atom stereocenters. The Hall–Kier alpha value is -3.30. The Balaban J connectivity index is 1.45. The van der Waals surface area contributed by atoms with E-state index in [1.807, 2.05) is 26.8 Å². The van der Waals surface area contributed by atoms with Gasteiger partial charge in [-0.05, 0) is 45.4 Å². The fourth-order valence-corrected chi connectivity index (χ4v) is 7.75. The number of nitrogens with one attached hydrogen (secondary N) is 2. The lowest BCUT2D eigenvalue weighted by Gasteiger charge is -2.21. The minimum absolute atomic E-state index is 0.127. The molecule has 0 spiro atoms. The van der Waals surface area contributed by atoms with Crippen LogP contribution in [-0.4, -0.2) is 87.3 Å². The van der Waals surface area contributed by atoms with Gasteiger partial charge in [0.15, 0.2) is 9.84 Å². The predicted octanol–water partition coefficient (Wildman–Crippen LogP) is 2.60. The summed E-state index contributed by atoms with van der Waals surface area (Å²) in [6, 6.07) is 4.09. The number of fused-ring (bicyclic) bond motifs is 1. The first-order valence-corrected chi connectivity index (χ1v) is 15.8. The molecule has 1 saturated carbocycles. The van der Waals surface area contributed by atoms with Gasteiger partial charge in [-0.1, -0.05) is 0 Å². The van der Waals surface area contributed by atoms with E-state index in [1.165, 1.54) is 35.9 Å². The lowest BCUT2D eigenvalue weighted by Crippen LogP contribution is -2.36. The molecule has 218 valence electrons. The average Bonchev–Trinajstić information content (AvgIpc) is 3.49. The van der Waals surface area contributed by atoms with Gasteiger partial charge in [0, 0.05) is 37.7 Å². The molecule has 4 aromatic rings. The summed E-state index contributed by atoms with van der Waals surface area (Å²) in [5.41, 5.74) is 2.92. The van der Waals surface area contributed by atoms with Crippen molar-refractivity contribution in [1.29, 1.82) is 0 Å². The van der Waals surface area contributed by atoms with Crippen LogP contribution in [0.1, 0.15) is 24.7 Å². The van der Waals surface area contributed by atoms with Crippen molar-refractivity contribution in [2.75, 3.05) is 36.1 Å². The lowest BCUT2D eigenvalue weighted by atomic mass is 10.1. The third kappa shape index (κ3) is 6.31. The van der Waals surface area contributed by atoms with Crippen LogP contribution in [0.5, 0.6) is 0 Å². The van der Waals surface area contributed by atoms with Gasteiger partial charge >= 0.3 is 0 Å². The molecule has 0 radical (unpaired) electrons. The number of aryl methyl sites for hydroxylation is 2. The Bertz CT molecular complexity index is 1620. The van der Waals surface area contributed by atoms with Gasteiger partial charge in [-0.25, -0.2) is 18.4 Å². The van der Waals surface area contributed by atoms with Crippen molar-refractivity contribution in [1.82, 2.24) is 24.9 Å². The van der Waals surface area contributed by atoms with Gasteiger partial charge in [0.05, 0.1) is 51.1 Å². The first-order chi connectivity index (χ1) is 19.7. The third-order valence-electron chi connectivity index (χ3n) is 7.09. The molecule has 0 amide bonds. The third-order valence-corrected chi connectivity index (χ3v) is 9.99. The number of rotatable bonds is 11. The molecule has 5 rings (SSSR count). The highest BCUT2D eigenvalue weighted by molar-refractivity contribution is 7.91. The first kappa shape index (κ1) is 29.2. The SMILES string of the molecule is CCOCCNc1nc(C)c(-c2nc3c(C)nccc3s2)c(N[C@@H]2C[C@H](CS(=O)(=O)c3ccncc3)[C@@H](O)[C@H]2O)n1. The summed E-state index contributed by atoms with van der Waals surface area (Å²) in [5.74, 6) is -0.198. The van der Waals surface area contributed by atoms with Crippen LogP contribution in [0.25, 0.3) is 20.8 Å². The molecular weight excluding hydrogens is 566 g/mol. The normalized spacial score (nSPS) is 20.9. The zero-order chi connectivity index (χ0) is 29.1. The van der Waals surface area contributed by atoms with Crippen LogP contribution in [0, 0.1) is 19.8 Å². The predicted molar refractivity (Wildman–Crippen MR) is 157 cm³/mol. The van der Waals surface area contributed by atoms with Crippen LogP contribution in [0.4, 0.5) is 11.8 Å². The van der Waals surface area contributed by atoms with Crippen molar-refractivity contribution >= 4 is 43.2 Å². The van der Waals surface area contributed by atoms with Gasteiger partial charge in [-0.3, -0.25) is 9.97 Å². The van der Waals surface area contributed by atoms with Crippen molar-refractivity contribution in [3.05, 3.63) is 48.2 Å². The fraction of sp³-hybridized carbons (Fsp3) is 0.444. The molecule has 1 aliphatic rings. The van der Waals surface area contributed by atoms with Crippen LogP contribution in [-0.2, 0) is 14.6 Å². The van der Waals surface area contributed by atoms with Crippen LogP contribution >= 0.6 is 11.3 Å². The topological polar surface area (TPSA) is 172 Å². The summed E-state index contributed by atoms with van der Waals surface area (Å²) in [6.45, 7) is 7.25. The summed E-state index contributed by atoms with van der Waals surface area (Å²) < 4.78 is 32.4. The summed E-state index contributed by atoms with van der Waals surface area (Å²) in [7, 11) is -3.70. The Morgan fingerprint density at radius 3 is 2.56 bits per heavy atom. The first-order valence-electron chi connectivity index (χ1n) is 13.4. The van der Waals surface area contributed by atoms with Crippen molar-refractivity contribution in [2.45, 2.75) is 50.3 Å². The molecule has 4 aromatic heterocycles. The number of nitrogens with zero attached hydrogens (tertiary/aromatic N) is 5. The molecule has 12 nitrogen and oxygen atoms in total. The Labute approximate surface area is 242 Å². The molecule has 41 heavy (non-hydrogen) atoms. The number of aliphatic hydroxyl groups excluding tert-OH is 2. The summed E-state index contributed by atoms with van der Waals surface area (Å²) in [5, 5.41) is 29.0. The minimum Gasteiger partial charge on any atom is -0.390 e. The Kier molecular flexibility index (Phi) is 8.75. The van der Waals surface area contributed by atoms with Gasteiger partial charge in [0.1, 0.15) is 22.4 Å². The van der Waals surface area contributed by atoms with Crippen molar-refractivity contribution in [3.63, 3.8) is 0 Å². The number of hydrogen-bond acceptors (Lipinski definition) is 13. The largest absolute Gasteiger partial charge is 0.390 e. The molecule has 0 bridgehead atoms. The zero-order valence-corrected chi connectivity index (χ0v) is 24.6. The Morgan fingerprint density at radius 1 is 1.05 bits per heavy atom. The maximum absolute atomic E-state index is 13.0. The second-order valence-corrected chi connectivity index (χ2v) is 13.0. The molecule has 0 aliphatic heterocycles. The number of ether oxygens (including phenoxy) is 1. The van der Waals surface area contributed by atoms with E-state index in [1.54, 1.807) is 6.20 Å². The highest BCUT2D eigenvalue weighted by Crippen LogP contribution is 2.39. The van der Waals surface area contributed by atoms with Crippen LogP contribution < -0.4 is 10.6 Å². The van der Waals surface area contributed by atoms with E-state index in [2.05, 4.69) is 25.6 Å². The molecule has 0 aromatic carbocycles. The number of aliphatic hydroxyl groups is 2. The zero-order valence-electron chi connectivity index (χ0n) is 23.0. The number of sulfone groups is 1. The molecular formula is C27H33N7O5S2. The van der Waals surface area contributed by atoms with Crippen LogP contribution in [0.3, 0.4) is 0 Å². The van der Waals surface area contributed by atoms with E-state index in [9.17, 15) is 18.6 Å². The fourth-order valence-electron chi connectivity index (χ4n) is 5.01. The number of hydrogen-bond donors (Lipinski definition) is 4. The summed E-state index contributed by atoms with van der Waals surface area (Å²) >= 11 is 1.48. The monoisotopic (exact) mass is 599 g/mol. The number of thiazole rings is 1. The molecule has 1 aliphatic carbocycles. The van der Waals surface area contributed by atoms with E-state index in [0.717, 1.165) is 15.9 Å². The molecule has 4 N–H and O–H groups in total. The molecule has 4 atom stereocenters. The van der Waals surface area contributed by atoms with Gasteiger partial charge in [-0.2, -0.15) is 4.98 Å². The summed E-state index contributed by atoms with van der Waals surface area (Å²) in [4.78, 5) is 22.5. The van der Waals surface area contributed by atoms with E-state index < -0.39 is 34.0 Å². The van der Waals surface area contributed by atoms with Crippen LogP contribution in [0.2, 0.25) is 0 Å². The lowest BCUT2D eigenvalue weighted by molar-refractivity contribution is 0.0216. The maximum atomic E-state index is 13.0. The van der Waals surface area contributed by atoms with Crippen molar-refractivity contribution < 1.29 is 23.4 Å². The highest BCUT2D eigenvalue weighted by Gasteiger charge is 2.44. The van der Waals surface area contributed by atoms with E-state index in [0.29, 0.717) is 47.8 Å². The quantitative estimate of drug-likeness (QED) is 0.186.